The van der Waals surface area contributed by atoms with Crippen molar-refractivity contribution in [3.8, 4) is 0 Å². The number of unbranched alkanes of at least 4 members (excludes halogenated alkanes) is 3. The zero-order chi connectivity index (χ0) is 12.9. The van der Waals surface area contributed by atoms with E-state index in [2.05, 4.69) is 27.7 Å². The molecule has 0 aliphatic heterocycles. The average molecular weight is 240 g/mol. The van der Waals surface area contributed by atoms with E-state index in [1.807, 2.05) is 0 Å². The van der Waals surface area contributed by atoms with Crippen LogP contribution in [0.5, 0.6) is 0 Å². The highest BCUT2D eigenvalue weighted by atomic mass is 14.2. The van der Waals surface area contributed by atoms with Gasteiger partial charge >= 0.3 is 0 Å². The summed E-state index contributed by atoms with van der Waals surface area (Å²) >= 11 is 0. The SMILES string of the molecule is CCCCC(CCC)C(CCCC)CCCC. The summed E-state index contributed by atoms with van der Waals surface area (Å²) in [6, 6.07) is 0. The molecule has 0 amide bonds. The topological polar surface area (TPSA) is 0 Å². The van der Waals surface area contributed by atoms with Crippen LogP contribution < -0.4 is 0 Å². The Labute approximate surface area is 111 Å². The van der Waals surface area contributed by atoms with Gasteiger partial charge in [-0.25, -0.2) is 0 Å². The van der Waals surface area contributed by atoms with E-state index in [9.17, 15) is 0 Å². The van der Waals surface area contributed by atoms with Gasteiger partial charge in [0.15, 0.2) is 0 Å². The van der Waals surface area contributed by atoms with Crippen LogP contribution in [0.15, 0.2) is 0 Å². The Hall–Kier alpha value is 0. The fraction of sp³-hybridized carbons (Fsp3) is 1.00. The summed E-state index contributed by atoms with van der Waals surface area (Å²) in [7, 11) is 0. The molecule has 0 heteroatoms. The van der Waals surface area contributed by atoms with Gasteiger partial charge in [0, 0.05) is 0 Å². The molecule has 0 saturated heterocycles. The molecule has 0 radical (unpaired) electrons. The smallest absolute Gasteiger partial charge is 0.0386 e. The Morgan fingerprint density at radius 3 is 1.12 bits per heavy atom. The van der Waals surface area contributed by atoms with Gasteiger partial charge in [0.25, 0.3) is 0 Å². The van der Waals surface area contributed by atoms with Crippen molar-refractivity contribution in [1.82, 2.24) is 0 Å². The van der Waals surface area contributed by atoms with E-state index in [0.717, 1.165) is 11.8 Å². The standard InChI is InChI=1S/C17H36/c1-5-9-13-16(12-8-4)17(14-10-6-2)15-11-7-3/h16-17H,5-15H2,1-4H3. The first-order chi connectivity index (χ1) is 8.29. The first-order valence-corrected chi connectivity index (χ1v) is 8.29. The van der Waals surface area contributed by atoms with Crippen molar-refractivity contribution in [3.05, 3.63) is 0 Å². The summed E-state index contributed by atoms with van der Waals surface area (Å²) in [6.45, 7) is 9.35. The molecule has 0 spiro atoms. The fourth-order valence-electron chi connectivity index (χ4n) is 3.00. The van der Waals surface area contributed by atoms with Gasteiger partial charge in [-0.05, 0) is 11.8 Å². The third-order valence-electron chi connectivity index (χ3n) is 4.11. The quantitative estimate of drug-likeness (QED) is 0.361. The Morgan fingerprint density at radius 2 is 0.824 bits per heavy atom. The van der Waals surface area contributed by atoms with Crippen LogP contribution >= 0.6 is 0 Å². The predicted molar refractivity (Wildman–Crippen MR) is 80.5 cm³/mol. The van der Waals surface area contributed by atoms with E-state index < -0.39 is 0 Å². The predicted octanol–water partition coefficient (Wildman–Crippen LogP) is 6.59. The van der Waals surface area contributed by atoms with Gasteiger partial charge in [-0.3, -0.25) is 0 Å². The van der Waals surface area contributed by atoms with E-state index >= 15 is 0 Å². The largest absolute Gasteiger partial charge is 0.0654 e. The molecule has 0 aromatic rings. The lowest BCUT2D eigenvalue weighted by Crippen LogP contribution is -2.15. The third-order valence-corrected chi connectivity index (χ3v) is 4.11. The number of rotatable bonds is 12. The zero-order valence-electron chi connectivity index (χ0n) is 12.9. The van der Waals surface area contributed by atoms with Crippen LogP contribution in [0.4, 0.5) is 0 Å². The maximum atomic E-state index is 2.36. The highest BCUT2D eigenvalue weighted by Gasteiger charge is 2.19. The van der Waals surface area contributed by atoms with Gasteiger partial charge in [-0.1, -0.05) is 98.3 Å². The highest BCUT2D eigenvalue weighted by Crippen LogP contribution is 2.31. The first kappa shape index (κ1) is 17.0. The van der Waals surface area contributed by atoms with E-state index in [4.69, 9.17) is 0 Å². The molecule has 0 aliphatic carbocycles. The Kier molecular flexibility index (Phi) is 12.5. The van der Waals surface area contributed by atoms with Gasteiger partial charge in [0.2, 0.25) is 0 Å². The Morgan fingerprint density at radius 1 is 0.471 bits per heavy atom. The van der Waals surface area contributed by atoms with Gasteiger partial charge in [0.1, 0.15) is 0 Å². The van der Waals surface area contributed by atoms with Crippen LogP contribution in [0.25, 0.3) is 0 Å². The summed E-state index contributed by atoms with van der Waals surface area (Å²) in [4.78, 5) is 0. The van der Waals surface area contributed by atoms with Gasteiger partial charge in [-0.15, -0.1) is 0 Å². The van der Waals surface area contributed by atoms with E-state index in [-0.39, 0.29) is 0 Å². The van der Waals surface area contributed by atoms with E-state index in [1.54, 1.807) is 0 Å². The molecule has 0 rings (SSSR count). The summed E-state index contributed by atoms with van der Waals surface area (Å²) in [6.07, 6.45) is 15.8. The van der Waals surface area contributed by atoms with Crippen molar-refractivity contribution in [2.24, 2.45) is 11.8 Å². The van der Waals surface area contributed by atoms with Crippen LogP contribution in [-0.4, -0.2) is 0 Å². The van der Waals surface area contributed by atoms with Crippen LogP contribution in [0.3, 0.4) is 0 Å². The molecule has 0 nitrogen and oxygen atoms in total. The molecule has 17 heavy (non-hydrogen) atoms. The zero-order valence-corrected chi connectivity index (χ0v) is 12.9. The van der Waals surface area contributed by atoms with Crippen molar-refractivity contribution in [3.63, 3.8) is 0 Å². The molecule has 104 valence electrons. The summed E-state index contributed by atoms with van der Waals surface area (Å²) in [5.74, 6) is 2.06. The second-order valence-corrected chi connectivity index (χ2v) is 5.74. The summed E-state index contributed by atoms with van der Waals surface area (Å²) in [5.41, 5.74) is 0. The number of hydrogen-bond donors (Lipinski definition) is 0. The molecule has 0 aromatic carbocycles. The minimum atomic E-state index is 1.03. The summed E-state index contributed by atoms with van der Waals surface area (Å²) < 4.78 is 0. The lowest BCUT2D eigenvalue weighted by atomic mass is 9.79. The molecular weight excluding hydrogens is 204 g/mol. The average Bonchev–Trinajstić information content (AvgIpc) is 2.35. The minimum Gasteiger partial charge on any atom is -0.0654 e. The van der Waals surface area contributed by atoms with Crippen molar-refractivity contribution in [2.45, 2.75) is 98.3 Å². The minimum absolute atomic E-state index is 1.03. The van der Waals surface area contributed by atoms with Crippen LogP contribution in [0.1, 0.15) is 98.3 Å². The third kappa shape index (κ3) is 8.69. The maximum Gasteiger partial charge on any atom is -0.0386 e. The first-order valence-electron chi connectivity index (χ1n) is 8.29. The monoisotopic (exact) mass is 240 g/mol. The van der Waals surface area contributed by atoms with Crippen molar-refractivity contribution in [1.29, 1.82) is 0 Å². The Balaban J connectivity index is 4.20. The maximum absolute atomic E-state index is 2.36. The lowest BCUT2D eigenvalue weighted by Gasteiger charge is -2.27. The molecule has 0 aromatic heterocycles. The molecule has 1 unspecified atom stereocenters. The molecule has 1 atom stereocenters. The molecule has 0 heterocycles. The summed E-state index contributed by atoms with van der Waals surface area (Å²) in [5, 5.41) is 0. The van der Waals surface area contributed by atoms with Crippen LogP contribution in [0.2, 0.25) is 0 Å². The van der Waals surface area contributed by atoms with Crippen molar-refractivity contribution >= 4 is 0 Å². The van der Waals surface area contributed by atoms with Gasteiger partial charge in [0.05, 0.1) is 0 Å². The Bertz CT molecular complexity index is 131. The molecule has 0 fully saturated rings. The molecular formula is C17H36. The van der Waals surface area contributed by atoms with Crippen molar-refractivity contribution in [2.75, 3.05) is 0 Å². The second-order valence-electron chi connectivity index (χ2n) is 5.74. The molecule has 0 aliphatic rings. The lowest BCUT2D eigenvalue weighted by molar-refractivity contribution is 0.245. The van der Waals surface area contributed by atoms with Crippen LogP contribution in [0, 0.1) is 11.8 Å². The number of hydrogen-bond acceptors (Lipinski definition) is 0. The highest BCUT2D eigenvalue weighted by molar-refractivity contribution is 4.70. The van der Waals surface area contributed by atoms with E-state index in [1.165, 1.54) is 70.6 Å². The van der Waals surface area contributed by atoms with Gasteiger partial charge < -0.3 is 0 Å². The molecule has 0 saturated carbocycles. The molecule has 0 N–H and O–H groups in total. The van der Waals surface area contributed by atoms with E-state index in [0.29, 0.717) is 0 Å². The molecule has 0 bridgehead atoms. The van der Waals surface area contributed by atoms with Crippen LogP contribution in [-0.2, 0) is 0 Å². The second kappa shape index (κ2) is 12.5. The fourth-order valence-corrected chi connectivity index (χ4v) is 3.00. The normalized spacial score (nSPS) is 13.2. The van der Waals surface area contributed by atoms with Crippen molar-refractivity contribution < 1.29 is 0 Å². The van der Waals surface area contributed by atoms with Gasteiger partial charge in [-0.2, -0.15) is 0 Å².